The third-order valence-electron chi connectivity index (χ3n) is 5.30. The lowest BCUT2D eigenvalue weighted by Gasteiger charge is -2.11. The molecule has 0 fully saturated rings. The second-order valence-corrected chi connectivity index (χ2v) is 9.11. The lowest BCUT2D eigenvalue weighted by atomic mass is 9.95. The van der Waals surface area contributed by atoms with Crippen LogP contribution >= 0.6 is 34.5 Å². The molecule has 1 aliphatic carbocycles. The van der Waals surface area contributed by atoms with Gasteiger partial charge in [0, 0.05) is 28.0 Å². The SMILES string of the molecule is Cc1cc(C=Nc2ccc(Cl)c(Cl)c2)c(C)n1-c1sc2c(c1C(=O)O)CCCC2. The highest BCUT2D eigenvalue weighted by molar-refractivity contribution is 7.15. The number of fused-ring (bicyclic) bond motifs is 1. The van der Waals surface area contributed by atoms with Crippen LogP contribution in [0, 0.1) is 13.8 Å². The van der Waals surface area contributed by atoms with Crippen LogP contribution in [0.25, 0.3) is 5.00 Å². The van der Waals surface area contributed by atoms with E-state index in [9.17, 15) is 9.90 Å². The van der Waals surface area contributed by atoms with E-state index in [1.807, 2.05) is 24.5 Å². The number of aryl methyl sites for hydroxylation is 2. The van der Waals surface area contributed by atoms with Crippen LogP contribution in [0.2, 0.25) is 10.0 Å². The van der Waals surface area contributed by atoms with E-state index in [1.54, 1.807) is 35.8 Å². The summed E-state index contributed by atoms with van der Waals surface area (Å²) in [4.78, 5) is 17.8. The fourth-order valence-electron chi connectivity index (χ4n) is 3.87. The zero-order valence-corrected chi connectivity index (χ0v) is 18.5. The quantitative estimate of drug-likeness (QED) is 0.448. The number of aromatic nitrogens is 1. The van der Waals surface area contributed by atoms with Crippen LogP contribution in [0.15, 0.2) is 29.3 Å². The summed E-state index contributed by atoms with van der Waals surface area (Å²) in [5.74, 6) is -0.849. The normalized spacial score (nSPS) is 13.8. The second-order valence-electron chi connectivity index (χ2n) is 7.21. The monoisotopic (exact) mass is 446 g/mol. The lowest BCUT2D eigenvalue weighted by Crippen LogP contribution is -2.09. The van der Waals surface area contributed by atoms with Gasteiger partial charge in [-0.3, -0.25) is 4.99 Å². The largest absolute Gasteiger partial charge is 0.478 e. The number of halogens is 2. The first-order valence-corrected chi connectivity index (χ1v) is 11.0. The number of nitrogens with zero attached hydrogens (tertiary/aromatic N) is 2. The predicted molar refractivity (Wildman–Crippen MR) is 120 cm³/mol. The summed E-state index contributed by atoms with van der Waals surface area (Å²) in [6.07, 6.45) is 5.77. The zero-order valence-electron chi connectivity index (χ0n) is 16.1. The van der Waals surface area contributed by atoms with Crippen molar-refractivity contribution in [1.82, 2.24) is 4.57 Å². The van der Waals surface area contributed by atoms with Gasteiger partial charge in [-0.05, 0) is 69.4 Å². The number of carboxylic acids is 1. The number of aliphatic imine (C=N–C) groups is 1. The molecule has 0 spiro atoms. The number of carbonyl (C=O) groups is 1. The van der Waals surface area contributed by atoms with Crippen LogP contribution in [0.1, 0.15) is 50.6 Å². The van der Waals surface area contributed by atoms with E-state index in [2.05, 4.69) is 4.99 Å². The molecule has 4 rings (SSSR count). The van der Waals surface area contributed by atoms with Gasteiger partial charge in [0.25, 0.3) is 0 Å². The first-order chi connectivity index (χ1) is 13.9. The van der Waals surface area contributed by atoms with Crippen molar-refractivity contribution in [3.8, 4) is 5.00 Å². The van der Waals surface area contributed by atoms with E-state index < -0.39 is 5.97 Å². The molecule has 0 saturated carbocycles. The Bertz CT molecular complexity index is 1140. The van der Waals surface area contributed by atoms with E-state index in [0.29, 0.717) is 21.3 Å². The first kappa shape index (κ1) is 20.2. The molecule has 2 aromatic heterocycles. The van der Waals surface area contributed by atoms with Crippen molar-refractivity contribution < 1.29 is 9.90 Å². The summed E-state index contributed by atoms with van der Waals surface area (Å²) in [6.45, 7) is 3.99. The second kappa shape index (κ2) is 7.98. The lowest BCUT2D eigenvalue weighted by molar-refractivity contribution is 0.0696. The molecule has 0 unspecified atom stereocenters. The molecule has 7 heteroatoms. The molecule has 1 N–H and O–H groups in total. The summed E-state index contributed by atoms with van der Waals surface area (Å²) < 4.78 is 2.04. The molecular weight excluding hydrogens is 427 g/mol. The van der Waals surface area contributed by atoms with Crippen molar-refractivity contribution >= 4 is 52.4 Å². The summed E-state index contributed by atoms with van der Waals surface area (Å²) in [7, 11) is 0. The number of carboxylic acid groups (broad SMARTS) is 1. The number of thiophene rings is 1. The van der Waals surface area contributed by atoms with Gasteiger partial charge in [-0.15, -0.1) is 11.3 Å². The molecule has 29 heavy (non-hydrogen) atoms. The molecule has 4 nitrogen and oxygen atoms in total. The van der Waals surface area contributed by atoms with Crippen molar-refractivity contribution in [3.05, 3.63) is 67.3 Å². The van der Waals surface area contributed by atoms with Gasteiger partial charge >= 0.3 is 5.97 Å². The topological polar surface area (TPSA) is 54.6 Å². The minimum absolute atomic E-state index is 0.458. The summed E-state index contributed by atoms with van der Waals surface area (Å²) in [5.41, 5.74) is 5.08. The molecule has 0 saturated heterocycles. The van der Waals surface area contributed by atoms with Crippen LogP contribution in [0.3, 0.4) is 0 Å². The van der Waals surface area contributed by atoms with Crippen LogP contribution in [0.4, 0.5) is 5.69 Å². The van der Waals surface area contributed by atoms with E-state index >= 15 is 0 Å². The van der Waals surface area contributed by atoms with Gasteiger partial charge in [-0.25, -0.2) is 4.79 Å². The third kappa shape index (κ3) is 3.75. The Labute approximate surface area is 183 Å². The number of benzene rings is 1. The number of rotatable bonds is 4. The van der Waals surface area contributed by atoms with Gasteiger partial charge < -0.3 is 9.67 Å². The van der Waals surface area contributed by atoms with Gasteiger partial charge in [0.2, 0.25) is 0 Å². The Balaban J connectivity index is 1.77. The first-order valence-electron chi connectivity index (χ1n) is 9.43. The fraction of sp³-hybridized carbons (Fsp3) is 0.273. The molecule has 3 aromatic rings. The highest BCUT2D eigenvalue weighted by Crippen LogP contribution is 2.38. The summed E-state index contributed by atoms with van der Waals surface area (Å²) >= 11 is 13.6. The van der Waals surface area contributed by atoms with E-state index in [4.69, 9.17) is 23.2 Å². The molecule has 0 atom stereocenters. The summed E-state index contributed by atoms with van der Waals surface area (Å²) in [6, 6.07) is 7.27. The van der Waals surface area contributed by atoms with Crippen molar-refractivity contribution in [2.75, 3.05) is 0 Å². The van der Waals surface area contributed by atoms with Gasteiger partial charge in [0.1, 0.15) is 5.00 Å². The number of hydrogen-bond donors (Lipinski definition) is 1. The standard InChI is InChI=1S/C22H20Cl2N2O2S/c1-12-9-14(11-25-15-7-8-17(23)18(24)10-15)13(2)26(12)21-20(22(27)28)16-5-3-4-6-19(16)29-21/h7-11H,3-6H2,1-2H3,(H,27,28). The molecule has 0 bridgehead atoms. The van der Waals surface area contributed by atoms with Crippen LogP contribution in [0.5, 0.6) is 0 Å². The molecule has 150 valence electrons. The molecular formula is C22H20Cl2N2O2S. The fourth-order valence-corrected chi connectivity index (χ4v) is 5.65. The minimum atomic E-state index is -0.849. The molecule has 0 radical (unpaired) electrons. The molecule has 1 aliphatic rings. The van der Waals surface area contributed by atoms with Crippen molar-refractivity contribution in [1.29, 1.82) is 0 Å². The van der Waals surface area contributed by atoms with Gasteiger partial charge in [-0.2, -0.15) is 0 Å². The maximum atomic E-state index is 12.1. The van der Waals surface area contributed by atoms with Crippen molar-refractivity contribution in [2.45, 2.75) is 39.5 Å². The van der Waals surface area contributed by atoms with Crippen molar-refractivity contribution in [3.63, 3.8) is 0 Å². The van der Waals surface area contributed by atoms with Gasteiger partial charge in [-0.1, -0.05) is 23.2 Å². The van der Waals surface area contributed by atoms with E-state index in [0.717, 1.165) is 53.2 Å². The Morgan fingerprint density at radius 3 is 2.66 bits per heavy atom. The van der Waals surface area contributed by atoms with E-state index in [1.165, 1.54) is 4.88 Å². The van der Waals surface area contributed by atoms with E-state index in [-0.39, 0.29) is 0 Å². The highest BCUT2D eigenvalue weighted by atomic mass is 35.5. The van der Waals surface area contributed by atoms with Gasteiger partial charge in [0.05, 0.1) is 21.3 Å². The Kier molecular flexibility index (Phi) is 5.56. The Morgan fingerprint density at radius 2 is 1.93 bits per heavy atom. The average molecular weight is 447 g/mol. The average Bonchev–Trinajstić information content (AvgIpc) is 3.19. The van der Waals surface area contributed by atoms with Crippen LogP contribution in [-0.2, 0) is 12.8 Å². The number of aromatic carboxylic acids is 1. The third-order valence-corrected chi connectivity index (χ3v) is 7.31. The molecule has 0 amide bonds. The maximum absolute atomic E-state index is 12.1. The van der Waals surface area contributed by atoms with Crippen LogP contribution in [-0.4, -0.2) is 21.9 Å². The minimum Gasteiger partial charge on any atom is -0.478 e. The number of hydrogen-bond acceptors (Lipinski definition) is 3. The predicted octanol–water partition coefficient (Wildman–Crippen LogP) is 6.79. The van der Waals surface area contributed by atoms with Gasteiger partial charge in [0.15, 0.2) is 0 Å². The smallest absolute Gasteiger partial charge is 0.339 e. The van der Waals surface area contributed by atoms with Crippen molar-refractivity contribution in [2.24, 2.45) is 4.99 Å². The maximum Gasteiger partial charge on any atom is 0.339 e. The highest BCUT2D eigenvalue weighted by Gasteiger charge is 2.27. The van der Waals surface area contributed by atoms with Crippen LogP contribution < -0.4 is 0 Å². The molecule has 1 aromatic carbocycles. The molecule has 2 heterocycles. The summed E-state index contributed by atoms with van der Waals surface area (Å²) in [5, 5.41) is 11.7. The zero-order chi connectivity index (χ0) is 20.7. The Hall–Kier alpha value is -2.08. The Morgan fingerprint density at radius 1 is 1.17 bits per heavy atom. The molecule has 0 aliphatic heterocycles.